The van der Waals surface area contributed by atoms with E-state index in [2.05, 4.69) is 27.9 Å². The van der Waals surface area contributed by atoms with Gasteiger partial charge in [-0.2, -0.15) is 0 Å². The van der Waals surface area contributed by atoms with Gasteiger partial charge in [0.2, 0.25) is 5.91 Å². The van der Waals surface area contributed by atoms with Crippen LogP contribution in [0, 0.1) is 3.57 Å². The number of rotatable bonds is 3. The Labute approximate surface area is 125 Å². The molecule has 1 aliphatic rings. The van der Waals surface area contributed by atoms with Crippen LogP contribution in [0.15, 0.2) is 24.3 Å². The Hall–Kier alpha value is -1.15. The Morgan fingerprint density at radius 2 is 2.16 bits per heavy atom. The van der Waals surface area contributed by atoms with E-state index in [1.807, 2.05) is 31.3 Å². The molecule has 1 fully saturated rings. The van der Waals surface area contributed by atoms with E-state index >= 15 is 0 Å². The van der Waals surface area contributed by atoms with Crippen molar-refractivity contribution < 1.29 is 19.2 Å². The Bertz CT molecular complexity index is 475. The Kier molecular flexibility index (Phi) is 4.76. The van der Waals surface area contributed by atoms with Gasteiger partial charge < -0.3 is 15.0 Å². The summed E-state index contributed by atoms with van der Waals surface area (Å²) in [7, 11) is 1.91. The second-order valence-corrected chi connectivity index (χ2v) is 5.82. The van der Waals surface area contributed by atoms with Crippen LogP contribution in [-0.2, 0) is 14.3 Å². The maximum atomic E-state index is 11.9. The molecule has 2 atom stereocenters. The minimum absolute atomic E-state index is 0.149. The molecular formula is C13H16IN2O3+. The van der Waals surface area contributed by atoms with Crippen LogP contribution in [0.3, 0.4) is 0 Å². The van der Waals surface area contributed by atoms with Crippen LogP contribution in [0.5, 0.6) is 0 Å². The summed E-state index contributed by atoms with van der Waals surface area (Å²) in [6.45, 7) is 1.17. The highest BCUT2D eigenvalue weighted by Gasteiger charge is 2.34. The zero-order valence-electron chi connectivity index (χ0n) is 10.6. The Balaban J connectivity index is 1.93. The third-order valence-electron chi connectivity index (χ3n) is 3.14. The molecule has 1 amide bonds. The van der Waals surface area contributed by atoms with E-state index in [1.54, 1.807) is 0 Å². The first-order chi connectivity index (χ1) is 9.06. The Morgan fingerprint density at radius 3 is 2.79 bits per heavy atom. The van der Waals surface area contributed by atoms with Crippen LogP contribution in [0.4, 0.5) is 5.69 Å². The quantitative estimate of drug-likeness (QED) is 0.581. The topological polar surface area (TPSA) is 59.8 Å². The predicted molar refractivity (Wildman–Crippen MR) is 78.9 cm³/mol. The first-order valence-corrected chi connectivity index (χ1v) is 7.18. The van der Waals surface area contributed by atoms with E-state index in [0.717, 1.165) is 20.7 Å². The summed E-state index contributed by atoms with van der Waals surface area (Å²) >= 11 is 2.20. The largest absolute Gasteiger partial charge is 0.455 e. The smallest absolute Gasteiger partial charge is 0.365 e. The number of cyclic esters (lactones) is 1. The molecule has 5 nitrogen and oxygen atoms in total. The molecule has 2 N–H and O–H groups in total. The van der Waals surface area contributed by atoms with E-state index < -0.39 is 6.04 Å². The molecule has 1 unspecified atom stereocenters. The number of hydrogen-bond donors (Lipinski definition) is 2. The predicted octanol–water partition coefficient (Wildman–Crippen LogP) is 0.0599. The number of quaternary nitrogens is 1. The summed E-state index contributed by atoms with van der Waals surface area (Å²) in [4.78, 5) is 24.6. The van der Waals surface area contributed by atoms with Gasteiger partial charge in [0, 0.05) is 9.26 Å². The van der Waals surface area contributed by atoms with Gasteiger partial charge >= 0.3 is 5.97 Å². The van der Waals surface area contributed by atoms with Crippen LogP contribution in [-0.4, -0.2) is 38.1 Å². The highest BCUT2D eigenvalue weighted by molar-refractivity contribution is 14.1. The van der Waals surface area contributed by atoms with E-state index in [1.165, 1.54) is 0 Å². The maximum Gasteiger partial charge on any atom is 0.365 e. The number of esters is 1. The summed E-state index contributed by atoms with van der Waals surface area (Å²) < 4.78 is 6.09. The molecule has 2 rings (SSSR count). The number of halogens is 1. The van der Waals surface area contributed by atoms with Crippen molar-refractivity contribution in [1.82, 2.24) is 0 Å². The van der Waals surface area contributed by atoms with Crippen LogP contribution in [0.2, 0.25) is 0 Å². The summed E-state index contributed by atoms with van der Waals surface area (Å²) in [5.74, 6) is -0.453. The summed E-state index contributed by atoms with van der Waals surface area (Å²) in [5.41, 5.74) is 0.743. The van der Waals surface area contributed by atoms with E-state index in [4.69, 9.17) is 4.74 Å². The molecule has 0 aromatic heterocycles. The minimum Gasteiger partial charge on any atom is -0.455 e. The first kappa shape index (κ1) is 14.3. The van der Waals surface area contributed by atoms with Crippen molar-refractivity contribution >= 4 is 40.2 Å². The molecule has 1 aromatic rings. The molecule has 0 saturated carbocycles. The molecule has 0 radical (unpaired) electrons. The third kappa shape index (κ3) is 3.90. The monoisotopic (exact) mass is 375 g/mol. The van der Waals surface area contributed by atoms with Gasteiger partial charge in [0.25, 0.3) is 0 Å². The summed E-state index contributed by atoms with van der Waals surface area (Å²) in [6.07, 6.45) is 0.149. The molecule has 1 saturated heterocycles. The number of benzene rings is 1. The number of hydrogen-bond acceptors (Lipinski definition) is 3. The molecule has 0 bridgehead atoms. The minimum atomic E-state index is -0.405. The fourth-order valence-corrected chi connectivity index (χ4v) is 2.34. The van der Waals surface area contributed by atoms with Crippen molar-refractivity contribution in [1.29, 1.82) is 0 Å². The number of ether oxygens (including phenoxy) is 1. The highest BCUT2D eigenvalue weighted by Crippen LogP contribution is 2.11. The van der Waals surface area contributed by atoms with Gasteiger partial charge in [-0.1, -0.05) is 0 Å². The fourth-order valence-electron chi connectivity index (χ4n) is 1.98. The lowest BCUT2D eigenvalue weighted by Gasteiger charge is -2.27. The van der Waals surface area contributed by atoms with Crippen molar-refractivity contribution in [2.75, 3.05) is 25.5 Å². The number of likely N-dealkylation sites (N-methyl/N-ethyl adjacent to an activating group) is 1. The van der Waals surface area contributed by atoms with Gasteiger partial charge in [0.05, 0.1) is 13.5 Å². The average molecular weight is 375 g/mol. The van der Waals surface area contributed by atoms with Crippen molar-refractivity contribution in [3.8, 4) is 0 Å². The van der Waals surface area contributed by atoms with Gasteiger partial charge in [-0.15, -0.1) is 0 Å². The lowest BCUT2D eigenvalue weighted by atomic mass is 10.1. The normalized spacial score (nSPS) is 22.7. The highest BCUT2D eigenvalue weighted by atomic mass is 127. The van der Waals surface area contributed by atoms with E-state index in [-0.39, 0.29) is 18.3 Å². The second-order valence-electron chi connectivity index (χ2n) is 4.58. The second kappa shape index (κ2) is 6.33. The van der Waals surface area contributed by atoms with E-state index in [9.17, 15) is 9.59 Å². The molecule has 6 heteroatoms. The lowest BCUT2D eigenvalue weighted by Crippen LogP contribution is -3.16. The number of amides is 1. The van der Waals surface area contributed by atoms with Crippen molar-refractivity contribution in [3.63, 3.8) is 0 Å². The van der Waals surface area contributed by atoms with Gasteiger partial charge in [-0.25, -0.2) is 4.79 Å². The number of nitrogens with one attached hydrogen (secondary N) is 2. The van der Waals surface area contributed by atoms with Gasteiger partial charge in [0.15, 0.2) is 6.04 Å². The molecule has 102 valence electrons. The van der Waals surface area contributed by atoms with Gasteiger partial charge in [-0.05, 0) is 46.9 Å². The van der Waals surface area contributed by atoms with E-state index in [0.29, 0.717) is 6.61 Å². The zero-order chi connectivity index (χ0) is 13.8. The zero-order valence-corrected chi connectivity index (χ0v) is 12.8. The molecule has 0 spiro atoms. The molecule has 1 aromatic carbocycles. The first-order valence-electron chi connectivity index (χ1n) is 6.10. The maximum absolute atomic E-state index is 11.9. The molecule has 0 aliphatic carbocycles. The Morgan fingerprint density at radius 1 is 1.47 bits per heavy atom. The van der Waals surface area contributed by atoms with Crippen molar-refractivity contribution in [2.24, 2.45) is 0 Å². The van der Waals surface area contributed by atoms with Gasteiger partial charge in [0.1, 0.15) is 13.2 Å². The number of morpholine rings is 1. The van der Waals surface area contributed by atoms with Crippen molar-refractivity contribution in [2.45, 2.75) is 12.5 Å². The number of carbonyl (C=O) groups is 2. The van der Waals surface area contributed by atoms with Gasteiger partial charge in [-0.3, -0.25) is 4.79 Å². The fraction of sp³-hybridized carbons (Fsp3) is 0.385. The van der Waals surface area contributed by atoms with Crippen LogP contribution < -0.4 is 10.2 Å². The number of carbonyl (C=O) groups excluding carboxylic acids is 2. The van der Waals surface area contributed by atoms with Crippen LogP contribution in [0.25, 0.3) is 0 Å². The molecule has 19 heavy (non-hydrogen) atoms. The lowest BCUT2D eigenvalue weighted by molar-refractivity contribution is -0.901. The number of anilines is 1. The summed E-state index contributed by atoms with van der Waals surface area (Å²) in [6, 6.07) is 7.12. The van der Waals surface area contributed by atoms with Crippen LogP contribution >= 0.6 is 22.6 Å². The average Bonchev–Trinajstić information content (AvgIpc) is 2.37. The molecule has 1 aliphatic heterocycles. The molecule has 1 heterocycles. The molecular weight excluding hydrogens is 359 g/mol. The SMILES string of the molecule is C[NH+]1CCOC(=O)[C@@H]1CC(=O)Nc1ccc(I)cc1. The summed E-state index contributed by atoms with van der Waals surface area (Å²) in [5, 5.41) is 2.79. The van der Waals surface area contributed by atoms with Crippen molar-refractivity contribution in [3.05, 3.63) is 27.8 Å². The third-order valence-corrected chi connectivity index (χ3v) is 3.86. The standard InChI is InChI=1S/C13H15IN2O3/c1-16-6-7-19-13(18)11(16)8-12(17)15-10-4-2-9(14)3-5-10/h2-5,11H,6-8H2,1H3,(H,15,17)/p+1/t11-/m0/s1. The van der Waals surface area contributed by atoms with Crippen LogP contribution in [0.1, 0.15) is 6.42 Å².